The third-order valence-corrected chi connectivity index (χ3v) is 5.89. The summed E-state index contributed by atoms with van der Waals surface area (Å²) < 4.78 is 0. The van der Waals surface area contributed by atoms with Crippen molar-refractivity contribution >= 4 is 29.3 Å². The van der Waals surface area contributed by atoms with E-state index >= 15 is 0 Å². The summed E-state index contributed by atoms with van der Waals surface area (Å²) in [5.74, 6) is 1.96. The van der Waals surface area contributed by atoms with Crippen LogP contribution in [0.25, 0.3) is 0 Å². The number of halogens is 1. The number of thioether (sulfide) groups is 1. The standard InChI is InChI=1S/C22H28ClNO2S/c1-14(2)18-9-16(6-7-21(18)25)10-19-15(3)8-17(11-20(19)23)12-27-13-22(26)24(4)5/h6-9,11,14,25H,10,12-13H2,1-5H3. The fourth-order valence-electron chi connectivity index (χ4n) is 2.92. The normalized spacial score (nSPS) is 11.1. The molecule has 0 bridgehead atoms. The second-order valence-electron chi connectivity index (χ2n) is 7.38. The Morgan fingerprint density at radius 2 is 1.89 bits per heavy atom. The summed E-state index contributed by atoms with van der Waals surface area (Å²) in [6, 6.07) is 9.93. The molecule has 146 valence electrons. The first-order valence-electron chi connectivity index (χ1n) is 9.06. The Balaban J connectivity index is 2.13. The van der Waals surface area contributed by atoms with E-state index in [0.717, 1.165) is 45.0 Å². The van der Waals surface area contributed by atoms with Gasteiger partial charge in [-0.15, -0.1) is 11.8 Å². The highest BCUT2D eigenvalue weighted by Crippen LogP contribution is 2.30. The summed E-state index contributed by atoms with van der Waals surface area (Å²) in [4.78, 5) is 13.3. The monoisotopic (exact) mass is 405 g/mol. The molecule has 0 fully saturated rings. The first-order chi connectivity index (χ1) is 12.7. The molecular formula is C22H28ClNO2S. The highest BCUT2D eigenvalue weighted by atomic mass is 35.5. The topological polar surface area (TPSA) is 40.5 Å². The molecule has 0 aromatic heterocycles. The van der Waals surface area contributed by atoms with Crippen LogP contribution in [0.15, 0.2) is 30.3 Å². The number of rotatable bonds is 7. The van der Waals surface area contributed by atoms with Gasteiger partial charge < -0.3 is 10.0 Å². The van der Waals surface area contributed by atoms with E-state index < -0.39 is 0 Å². The van der Waals surface area contributed by atoms with Gasteiger partial charge in [-0.2, -0.15) is 0 Å². The molecule has 0 saturated heterocycles. The summed E-state index contributed by atoms with van der Waals surface area (Å²) >= 11 is 8.18. The van der Waals surface area contributed by atoms with Gasteiger partial charge in [-0.25, -0.2) is 0 Å². The Labute approximate surface area is 171 Å². The highest BCUT2D eigenvalue weighted by molar-refractivity contribution is 7.99. The van der Waals surface area contributed by atoms with Crippen molar-refractivity contribution in [2.24, 2.45) is 0 Å². The maximum absolute atomic E-state index is 11.7. The molecule has 0 aliphatic carbocycles. The van der Waals surface area contributed by atoms with Crippen LogP contribution in [-0.2, 0) is 17.0 Å². The minimum atomic E-state index is 0.118. The molecule has 0 aliphatic rings. The van der Waals surface area contributed by atoms with E-state index in [2.05, 4.69) is 32.9 Å². The minimum Gasteiger partial charge on any atom is -0.508 e. The number of hydrogen-bond acceptors (Lipinski definition) is 3. The molecule has 0 aliphatic heterocycles. The number of phenols is 1. The van der Waals surface area contributed by atoms with E-state index in [1.165, 1.54) is 0 Å². The SMILES string of the molecule is Cc1cc(CSCC(=O)N(C)C)cc(Cl)c1Cc1ccc(O)c(C(C)C)c1. The zero-order valence-electron chi connectivity index (χ0n) is 16.7. The largest absolute Gasteiger partial charge is 0.508 e. The third kappa shape index (κ3) is 5.91. The smallest absolute Gasteiger partial charge is 0.232 e. The van der Waals surface area contributed by atoms with Gasteiger partial charge in [0.05, 0.1) is 5.75 Å². The molecule has 2 aromatic carbocycles. The third-order valence-electron chi connectivity index (χ3n) is 4.57. The van der Waals surface area contributed by atoms with Crippen molar-refractivity contribution in [1.29, 1.82) is 0 Å². The van der Waals surface area contributed by atoms with E-state index in [0.29, 0.717) is 11.5 Å². The number of carbonyl (C=O) groups excluding carboxylic acids is 1. The van der Waals surface area contributed by atoms with Crippen LogP contribution >= 0.6 is 23.4 Å². The number of phenolic OH excluding ortho intramolecular Hbond substituents is 1. The van der Waals surface area contributed by atoms with Crippen LogP contribution in [0.3, 0.4) is 0 Å². The van der Waals surface area contributed by atoms with Crippen LogP contribution in [0, 0.1) is 6.92 Å². The number of carbonyl (C=O) groups is 1. The maximum Gasteiger partial charge on any atom is 0.232 e. The number of benzene rings is 2. The summed E-state index contributed by atoms with van der Waals surface area (Å²) in [5, 5.41) is 10.8. The van der Waals surface area contributed by atoms with Crippen molar-refractivity contribution < 1.29 is 9.90 Å². The minimum absolute atomic E-state index is 0.118. The van der Waals surface area contributed by atoms with Crippen molar-refractivity contribution in [2.45, 2.75) is 38.9 Å². The van der Waals surface area contributed by atoms with Gasteiger partial charge in [0.25, 0.3) is 0 Å². The molecule has 0 saturated carbocycles. The van der Waals surface area contributed by atoms with Gasteiger partial charge in [0.15, 0.2) is 0 Å². The van der Waals surface area contributed by atoms with Crippen LogP contribution in [0.4, 0.5) is 0 Å². The van der Waals surface area contributed by atoms with Crippen molar-refractivity contribution in [1.82, 2.24) is 4.90 Å². The van der Waals surface area contributed by atoms with Gasteiger partial charge in [-0.1, -0.05) is 43.6 Å². The summed E-state index contributed by atoms with van der Waals surface area (Å²) in [6.45, 7) is 6.22. The number of amides is 1. The van der Waals surface area contributed by atoms with Crippen LogP contribution in [0.5, 0.6) is 5.75 Å². The zero-order chi connectivity index (χ0) is 20.1. The number of aromatic hydroxyl groups is 1. The Hall–Kier alpha value is -1.65. The van der Waals surface area contributed by atoms with Gasteiger partial charge in [-0.3, -0.25) is 4.79 Å². The second-order valence-corrected chi connectivity index (χ2v) is 8.77. The molecule has 1 amide bonds. The molecular weight excluding hydrogens is 378 g/mol. The highest BCUT2D eigenvalue weighted by Gasteiger charge is 2.12. The van der Waals surface area contributed by atoms with Crippen molar-refractivity contribution in [3.63, 3.8) is 0 Å². The van der Waals surface area contributed by atoms with Crippen LogP contribution in [-0.4, -0.2) is 35.8 Å². The molecule has 3 nitrogen and oxygen atoms in total. The van der Waals surface area contributed by atoms with E-state index in [9.17, 15) is 9.90 Å². The Morgan fingerprint density at radius 1 is 1.19 bits per heavy atom. The van der Waals surface area contributed by atoms with Gasteiger partial charge in [0, 0.05) is 24.9 Å². The van der Waals surface area contributed by atoms with E-state index in [-0.39, 0.29) is 11.8 Å². The molecule has 2 rings (SSSR count). The van der Waals surface area contributed by atoms with Gasteiger partial charge >= 0.3 is 0 Å². The lowest BCUT2D eigenvalue weighted by atomic mass is 9.94. The zero-order valence-corrected chi connectivity index (χ0v) is 18.2. The van der Waals surface area contributed by atoms with E-state index in [1.807, 2.05) is 12.1 Å². The molecule has 0 heterocycles. The van der Waals surface area contributed by atoms with Gasteiger partial charge in [0.2, 0.25) is 5.91 Å². The lowest BCUT2D eigenvalue weighted by Gasteiger charge is -2.14. The molecule has 0 radical (unpaired) electrons. The van der Waals surface area contributed by atoms with E-state index in [1.54, 1.807) is 36.8 Å². The summed E-state index contributed by atoms with van der Waals surface area (Å²) in [5.41, 5.74) is 5.48. The van der Waals surface area contributed by atoms with Crippen LogP contribution < -0.4 is 0 Å². The Kier molecular flexibility index (Phi) is 7.63. The molecule has 27 heavy (non-hydrogen) atoms. The fraction of sp³-hybridized carbons (Fsp3) is 0.409. The quantitative estimate of drug-likeness (QED) is 0.671. The number of aryl methyl sites for hydroxylation is 1. The predicted molar refractivity (Wildman–Crippen MR) is 116 cm³/mol. The first-order valence-corrected chi connectivity index (χ1v) is 10.6. The number of nitrogens with zero attached hydrogens (tertiary/aromatic N) is 1. The van der Waals surface area contributed by atoms with E-state index in [4.69, 9.17) is 11.6 Å². The van der Waals surface area contributed by atoms with Crippen molar-refractivity contribution in [3.05, 3.63) is 63.2 Å². The van der Waals surface area contributed by atoms with Crippen molar-refractivity contribution in [2.75, 3.05) is 19.8 Å². The number of hydrogen-bond donors (Lipinski definition) is 1. The predicted octanol–water partition coefficient (Wildman–Crippen LogP) is 5.39. The average Bonchev–Trinajstić information content (AvgIpc) is 2.59. The van der Waals surface area contributed by atoms with Crippen molar-refractivity contribution in [3.8, 4) is 5.75 Å². The second kappa shape index (κ2) is 9.52. The summed E-state index contributed by atoms with van der Waals surface area (Å²) in [6.07, 6.45) is 0.733. The molecule has 5 heteroatoms. The molecule has 0 unspecified atom stereocenters. The Morgan fingerprint density at radius 3 is 2.48 bits per heavy atom. The summed E-state index contributed by atoms with van der Waals surface area (Å²) in [7, 11) is 3.54. The van der Waals surface area contributed by atoms with Crippen LogP contribution in [0.1, 0.15) is 47.6 Å². The molecule has 0 atom stereocenters. The van der Waals surface area contributed by atoms with Gasteiger partial charge in [0.1, 0.15) is 5.75 Å². The van der Waals surface area contributed by atoms with Gasteiger partial charge in [-0.05, 0) is 59.2 Å². The average molecular weight is 406 g/mol. The first kappa shape index (κ1) is 21.6. The molecule has 1 N–H and O–H groups in total. The maximum atomic E-state index is 11.7. The Bertz CT molecular complexity index is 795. The molecule has 0 spiro atoms. The lowest BCUT2D eigenvalue weighted by Crippen LogP contribution is -2.23. The lowest BCUT2D eigenvalue weighted by molar-refractivity contribution is -0.125. The molecule has 2 aromatic rings. The van der Waals surface area contributed by atoms with Crippen LogP contribution in [0.2, 0.25) is 5.02 Å². The fourth-order valence-corrected chi connectivity index (χ4v) is 4.21.